The molecule has 1 fully saturated rings. The second-order valence-corrected chi connectivity index (χ2v) is 5.11. The number of phenolic OH excluding ortho intramolecular Hbond substituents is 1. The van der Waals surface area contributed by atoms with Gasteiger partial charge in [-0.05, 0) is 13.0 Å². The van der Waals surface area contributed by atoms with Gasteiger partial charge in [0.05, 0.1) is 6.61 Å². The van der Waals surface area contributed by atoms with E-state index in [1.54, 1.807) is 0 Å². The van der Waals surface area contributed by atoms with Gasteiger partial charge in [0.1, 0.15) is 0 Å². The minimum Gasteiger partial charge on any atom is -0.505 e. The molecule has 2 rings (SSSR count). The molecule has 0 aromatic heterocycles. The zero-order valence-electron chi connectivity index (χ0n) is 10.8. The largest absolute Gasteiger partial charge is 0.505 e. The summed E-state index contributed by atoms with van der Waals surface area (Å²) < 4.78 is 70.1. The van der Waals surface area contributed by atoms with Crippen LogP contribution in [-0.4, -0.2) is 23.5 Å². The third-order valence-electron chi connectivity index (χ3n) is 4.10. The lowest BCUT2D eigenvalue weighted by molar-refractivity contribution is -0.266. The average Bonchev–Trinajstić information content (AvgIpc) is 2.65. The number of alkyl halides is 3. The Morgan fingerprint density at radius 1 is 1.30 bits per heavy atom. The highest BCUT2D eigenvalue weighted by molar-refractivity contribution is 5.38. The summed E-state index contributed by atoms with van der Waals surface area (Å²) in [5, 5.41) is 9.58. The van der Waals surface area contributed by atoms with Crippen molar-refractivity contribution in [3.8, 4) is 5.75 Å². The Morgan fingerprint density at radius 3 is 2.40 bits per heavy atom. The smallest absolute Gasteiger partial charge is 0.417 e. The van der Waals surface area contributed by atoms with Crippen LogP contribution < -0.4 is 0 Å². The van der Waals surface area contributed by atoms with Crippen molar-refractivity contribution < 1.29 is 31.8 Å². The molecule has 0 amide bonds. The van der Waals surface area contributed by atoms with Crippen molar-refractivity contribution in [2.45, 2.75) is 31.5 Å². The van der Waals surface area contributed by atoms with E-state index >= 15 is 0 Å². The summed E-state index contributed by atoms with van der Waals surface area (Å²) in [4.78, 5) is 0. The van der Waals surface area contributed by atoms with Gasteiger partial charge in [0.2, 0.25) is 5.82 Å². The van der Waals surface area contributed by atoms with Gasteiger partial charge in [-0.3, -0.25) is 0 Å². The summed E-state index contributed by atoms with van der Waals surface area (Å²) in [6.45, 7) is 1.90. The van der Waals surface area contributed by atoms with E-state index in [1.807, 2.05) is 0 Å². The minimum absolute atomic E-state index is 0.0793. The van der Waals surface area contributed by atoms with Gasteiger partial charge in [-0.25, -0.2) is 4.39 Å². The molecule has 112 valence electrons. The maximum atomic E-state index is 13.3. The molecule has 0 radical (unpaired) electrons. The summed E-state index contributed by atoms with van der Waals surface area (Å²) in [7, 11) is 0. The third kappa shape index (κ3) is 2.04. The molecular formula is C13H13F5O2. The van der Waals surface area contributed by atoms with Gasteiger partial charge >= 0.3 is 6.18 Å². The molecule has 7 heteroatoms. The van der Waals surface area contributed by atoms with Gasteiger partial charge in [-0.2, -0.15) is 17.6 Å². The Labute approximate surface area is 112 Å². The van der Waals surface area contributed by atoms with Crippen LogP contribution in [0.25, 0.3) is 0 Å². The maximum absolute atomic E-state index is 13.3. The number of aromatic hydroxyl groups is 1. The molecule has 1 N–H and O–H groups in total. The molecule has 1 aliphatic rings. The monoisotopic (exact) mass is 296 g/mol. The van der Waals surface area contributed by atoms with Crippen LogP contribution in [0.1, 0.15) is 25.3 Å². The maximum Gasteiger partial charge on any atom is 0.417 e. The number of hydrogen-bond acceptors (Lipinski definition) is 2. The molecule has 0 bridgehead atoms. The van der Waals surface area contributed by atoms with Crippen molar-refractivity contribution in [1.29, 1.82) is 0 Å². The normalized spacial score (nSPS) is 30.8. The number of hydrogen-bond donors (Lipinski definition) is 1. The van der Waals surface area contributed by atoms with E-state index in [4.69, 9.17) is 4.74 Å². The van der Waals surface area contributed by atoms with Crippen LogP contribution in [0.15, 0.2) is 12.1 Å². The molecular weight excluding hydrogens is 283 g/mol. The van der Waals surface area contributed by atoms with E-state index in [0.29, 0.717) is 0 Å². The molecule has 2 nitrogen and oxygen atoms in total. The summed E-state index contributed by atoms with van der Waals surface area (Å²) in [5.74, 6) is -5.58. The number of ether oxygens (including phenoxy) is 1. The first-order chi connectivity index (χ1) is 9.09. The van der Waals surface area contributed by atoms with Crippen molar-refractivity contribution in [2.75, 3.05) is 6.61 Å². The van der Waals surface area contributed by atoms with Crippen LogP contribution in [0.4, 0.5) is 22.0 Å². The Balaban J connectivity index is 2.40. The summed E-state index contributed by atoms with van der Waals surface area (Å²) in [5.41, 5.74) is -2.46. The third-order valence-corrected chi connectivity index (χ3v) is 4.10. The second-order valence-electron chi connectivity index (χ2n) is 5.11. The fourth-order valence-electron chi connectivity index (χ4n) is 2.48. The SMILES string of the molecule is C[C@@H]1[C@H](c2ccc(F)c(F)c2O)CO[C@]1(C)C(F)(F)F. The van der Waals surface area contributed by atoms with Crippen molar-refractivity contribution in [3.05, 3.63) is 29.3 Å². The number of halogens is 5. The van der Waals surface area contributed by atoms with E-state index in [1.165, 1.54) is 6.92 Å². The van der Waals surface area contributed by atoms with Gasteiger partial charge in [0.15, 0.2) is 17.2 Å². The molecule has 0 saturated carbocycles. The van der Waals surface area contributed by atoms with Crippen molar-refractivity contribution in [2.24, 2.45) is 5.92 Å². The first-order valence-corrected chi connectivity index (χ1v) is 5.97. The van der Waals surface area contributed by atoms with Crippen molar-refractivity contribution in [3.63, 3.8) is 0 Å². The highest BCUT2D eigenvalue weighted by Crippen LogP contribution is 2.51. The molecule has 1 saturated heterocycles. The van der Waals surface area contributed by atoms with Gasteiger partial charge in [0, 0.05) is 17.4 Å². The second kappa shape index (κ2) is 4.58. The molecule has 0 unspecified atom stereocenters. The van der Waals surface area contributed by atoms with Crippen LogP contribution in [0.3, 0.4) is 0 Å². The average molecular weight is 296 g/mol. The topological polar surface area (TPSA) is 29.5 Å². The van der Waals surface area contributed by atoms with Crippen LogP contribution in [-0.2, 0) is 4.74 Å². The van der Waals surface area contributed by atoms with Gasteiger partial charge in [0.25, 0.3) is 0 Å². The van der Waals surface area contributed by atoms with Crippen LogP contribution in [0.2, 0.25) is 0 Å². The van der Waals surface area contributed by atoms with E-state index in [0.717, 1.165) is 19.1 Å². The zero-order valence-corrected chi connectivity index (χ0v) is 10.8. The molecule has 1 aliphatic heterocycles. The zero-order chi connectivity index (χ0) is 15.3. The minimum atomic E-state index is -4.59. The number of rotatable bonds is 1. The van der Waals surface area contributed by atoms with E-state index in [2.05, 4.69) is 0 Å². The van der Waals surface area contributed by atoms with Crippen molar-refractivity contribution in [1.82, 2.24) is 0 Å². The molecule has 1 aromatic carbocycles. The molecule has 0 aliphatic carbocycles. The highest BCUT2D eigenvalue weighted by Gasteiger charge is 2.61. The fraction of sp³-hybridized carbons (Fsp3) is 0.538. The Bertz CT molecular complexity index is 528. The standard InChI is InChI=1S/C13H13F5O2/c1-6-8(5-20-12(6,2)13(16,17)18)7-3-4-9(14)10(15)11(7)19/h3-4,6,8,19H,5H2,1-2H3/t6-,8-,12+/m1/s1. The number of benzene rings is 1. The van der Waals surface area contributed by atoms with E-state index in [-0.39, 0.29) is 12.2 Å². The van der Waals surface area contributed by atoms with Gasteiger partial charge < -0.3 is 9.84 Å². The Morgan fingerprint density at radius 2 is 1.90 bits per heavy atom. The predicted molar refractivity (Wildman–Crippen MR) is 60.3 cm³/mol. The lowest BCUT2D eigenvalue weighted by atomic mass is 9.79. The lowest BCUT2D eigenvalue weighted by Crippen LogP contribution is -2.46. The molecule has 20 heavy (non-hydrogen) atoms. The van der Waals surface area contributed by atoms with Gasteiger partial charge in [-0.15, -0.1) is 0 Å². The first kappa shape index (κ1) is 15.0. The van der Waals surface area contributed by atoms with E-state index < -0.39 is 41.0 Å². The summed E-state index contributed by atoms with van der Waals surface area (Å²) in [6.07, 6.45) is -4.59. The molecule has 1 aromatic rings. The fourth-order valence-corrected chi connectivity index (χ4v) is 2.48. The van der Waals surface area contributed by atoms with Crippen LogP contribution in [0, 0.1) is 17.6 Å². The van der Waals surface area contributed by atoms with Crippen LogP contribution in [0.5, 0.6) is 5.75 Å². The quantitative estimate of drug-likeness (QED) is 0.800. The summed E-state index contributed by atoms with van der Waals surface area (Å²) in [6, 6.07) is 1.86. The van der Waals surface area contributed by atoms with E-state index in [9.17, 15) is 27.1 Å². The first-order valence-electron chi connectivity index (χ1n) is 5.97. The van der Waals surface area contributed by atoms with Crippen LogP contribution >= 0.6 is 0 Å². The lowest BCUT2D eigenvalue weighted by Gasteiger charge is -2.32. The molecule has 3 atom stereocenters. The van der Waals surface area contributed by atoms with Crippen molar-refractivity contribution >= 4 is 0 Å². The Hall–Kier alpha value is -1.37. The molecule has 1 heterocycles. The Kier molecular flexibility index (Phi) is 3.44. The predicted octanol–water partition coefficient (Wildman–Crippen LogP) is 3.74. The highest BCUT2D eigenvalue weighted by atomic mass is 19.4. The molecule has 0 spiro atoms. The van der Waals surface area contributed by atoms with Gasteiger partial charge in [-0.1, -0.05) is 13.0 Å². The number of phenols is 1. The summed E-state index contributed by atoms with van der Waals surface area (Å²) >= 11 is 0.